The summed E-state index contributed by atoms with van der Waals surface area (Å²) in [6, 6.07) is 9.92. The van der Waals surface area contributed by atoms with Crippen LogP contribution in [0.25, 0.3) is 0 Å². The van der Waals surface area contributed by atoms with E-state index in [2.05, 4.69) is 63.0 Å². The fourth-order valence-corrected chi connectivity index (χ4v) is 4.45. The van der Waals surface area contributed by atoms with Gasteiger partial charge in [0.05, 0.1) is 12.2 Å². The molecule has 0 saturated carbocycles. The summed E-state index contributed by atoms with van der Waals surface area (Å²) in [4.78, 5) is 15.1. The molecule has 2 heterocycles. The molecule has 1 atom stereocenters. The van der Waals surface area contributed by atoms with Gasteiger partial charge in [-0.05, 0) is 84.7 Å². The molecule has 1 aliphatic rings. The maximum atomic E-state index is 12.6. The number of hydrogen-bond acceptors (Lipinski definition) is 3. The maximum absolute atomic E-state index is 12.6. The highest BCUT2D eigenvalue weighted by Crippen LogP contribution is 2.43. The van der Waals surface area contributed by atoms with Crippen molar-refractivity contribution in [1.29, 1.82) is 0 Å². The monoisotopic (exact) mass is 382 g/mol. The second-order valence-electron chi connectivity index (χ2n) is 9.42. The molecular weight excluding hydrogens is 348 g/mol. The van der Waals surface area contributed by atoms with Gasteiger partial charge in [-0.3, -0.25) is 14.4 Å². The van der Waals surface area contributed by atoms with E-state index in [0.717, 1.165) is 29.9 Å². The predicted molar refractivity (Wildman–Crippen MR) is 114 cm³/mol. The number of benzene rings is 1. The lowest BCUT2D eigenvalue weighted by Gasteiger charge is -2.38. The minimum absolute atomic E-state index is 0.000762. The van der Waals surface area contributed by atoms with Gasteiger partial charge in [-0.25, -0.2) is 0 Å². The van der Waals surface area contributed by atoms with Gasteiger partial charge in [-0.2, -0.15) is 5.10 Å². The van der Waals surface area contributed by atoms with Crippen molar-refractivity contribution >= 4 is 5.91 Å². The average Bonchev–Trinajstić information content (AvgIpc) is 3.01. The molecule has 1 aromatic heterocycles. The highest BCUT2D eigenvalue weighted by molar-refractivity contribution is 5.94. The maximum Gasteiger partial charge on any atom is 0.251 e. The van der Waals surface area contributed by atoms with Gasteiger partial charge in [0.15, 0.2) is 0 Å². The number of likely N-dealkylation sites (tertiary alicyclic amines) is 1. The second kappa shape index (κ2) is 7.36. The third-order valence-electron chi connectivity index (χ3n) is 6.68. The molecule has 3 rings (SSSR count). The number of nitrogens with one attached hydrogen (secondary N) is 1. The SMILES string of the molecule is Cc1cc(C)n(Cc2ccc(C(=O)NCC3CC(C)(C)N(C)C3(C)C)cc2)n1. The highest BCUT2D eigenvalue weighted by Gasteiger charge is 2.48. The molecule has 0 aliphatic carbocycles. The Morgan fingerprint density at radius 1 is 1.18 bits per heavy atom. The largest absolute Gasteiger partial charge is 0.352 e. The normalized spacial score (nSPS) is 21.0. The van der Waals surface area contributed by atoms with Crippen LogP contribution in [0.2, 0.25) is 0 Å². The minimum Gasteiger partial charge on any atom is -0.352 e. The van der Waals surface area contributed by atoms with Crippen LogP contribution >= 0.6 is 0 Å². The number of aromatic nitrogens is 2. The van der Waals surface area contributed by atoms with Crippen LogP contribution in [0.4, 0.5) is 0 Å². The summed E-state index contributed by atoms with van der Waals surface area (Å²) < 4.78 is 1.99. The minimum atomic E-state index is 0.000762. The number of nitrogens with zero attached hydrogens (tertiary/aromatic N) is 3. The van der Waals surface area contributed by atoms with Gasteiger partial charge in [0.2, 0.25) is 0 Å². The Labute approximate surface area is 169 Å². The molecule has 1 unspecified atom stereocenters. The lowest BCUT2D eigenvalue weighted by molar-refractivity contribution is 0.0896. The zero-order chi connectivity index (χ0) is 20.7. The number of carbonyl (C=O) groups excluding carboxylic acids is 1. The summed E-state index contributed by atoms with van der Waals surface area (Å²) in [5, 5.41) is 7.65. The van der Waals surface area contributed by atoms with Crippen LogP contribution in [0.5, 0.6) is 0 Å². The van der Waals surface area contributed by atoms with E-state index >= 15 is 0 Å². The van der Waals surface area contributed by atoms with Crippen molar-refractivity contribution < 1.29 is 4.79 Å². The smallest absolute Gasteiger partial charge is 0.251 e. The van der Waals surface area contributed by atoms with Gasteiger partial charge in [0.25, 0.3) is 5.91 Å². The number of aryl methyl sites for hydroxylation is 2. The van der Waals surface area contributed by atoms with Crippen LogP contribution in [0.3, 0.4) is 0 Å². The Hall–Kier alpha value is -2.14. The molecule has 1 fully saturated rings. The molecule has 28 heavy (non-hydrogen) atoms. The van der Waals surface area contributed by atoms with Crippen LogP contribution in [0.15, 0.2) is 30.3 Å². The third-order valence-corrected chi connectivity index (χ3v) is 6.68. The quantitative estimate of drug-likeness (QED) is 0.856. The van der Waals surface area contributed by atoms with Crippen LogP contribution in [-0.2, 0) is 6.54 Å². The first-order valence-corrected chi connectivity index (χ1v) is 10.1. The second-order valence-corrected chi connectivity index (χ2v) is 9.42. The van der Waals surface area contributed by atoms with Gasteiger partial charge in [0.1, 0.15) is 0 Å². The van der Waals surface area contributed by atoms with Crippen molar-refractivity contribution in [3.05, 3.63) is 52.8 Å². The number of rotatable bonds is 5. The fraction of sp³-hybridized carbons (Fsp3) is 0.565. The summed E-state index contributed by atoms with van der Waals surface area (Å²) in [7, 11) is 2.18. The standard InChI is InChI=1S/C23H34N4O/c1-16-12-17(2)27(25-16)15-18-8-10-19(11-9-18)21(28)24-14-20-13-22(3,4)26(7)23(20,5)6/h8-12,20H,13-15H2,1-7H3,(H,24,28). The van der Waals surface area contributed by atoms with E-state index in [4.69, 9.17) is 0 Å². The van der Waals surface area contributed by atoms with Crippen molar-refractivity contribution in [2.45, 2.75) is 65.6 Å². The predicted octanol–water partition coefficient (Wildman–Crippen LogP) is 3.79. The summed E-state index contributed by atoms with van der Waals surface area (Å²) in [5.41, 5.74) is 4.25. The molecule has 0 bridgehead atoms. The van der Waals surface area contributed by atoms with E-state index in [1.54, 1.807) is 0 Å². The molecule has 5 nitrogen and oxygen atoms in total. The Bertz CT molecular complexity index is 848. The average molecular weight is 383 g/mol. The number of carbonyl (C=O) groups is 1. The summed E-state index contributed by atoms with van der Waals surface area (Å²) in [6.45, 7) is 14.6. The topological polar surface area (TPSA) is 50.2 Å². The molecule has 1 saturated heterocycles. The number of hydrogen-bond donors (Lipinski definition) is 1. The van der Waals surface area contributed by atoms with Crippen molar-refractivity contribution in [3.63, 3.8) is 0 Å². The molecule has 1 aliphatic heterocycles. The fourth-order valence-electron chi connectivity index (χ4n) is 4.45. The zero-order valence-electron chi connectivity index (χ0n) is 18.3. The van der Waals surface area contributed by atoms with E-state index in [9.17, 15) is 4.79 Å². The molecule has 1 aromatic carbocycles. The van der Waals surface area contributed by atoms with Crippen molar-refractivity contribution in [1.82, 2.24) is 20.0 Å². The molecule has 152 valence electrons. The summed E-state index contributed by atoms with van der Waals surface area (Å²) in [5.74, 6) is 0.433. The van der Waals surface area contributed by atoms with E-state index in [1.807, 2.05) is 35.9 Å². The van der Waals surface area contributed by atoms with Gasteiger partial charge in [-0.1, -0.05) is 12.1 Å². The van der Waals surface area contributed by atoms with Gasteiger partial charge >= 0.3 is 0 Å². The molecule has 1 amide bonds. The Kier molecular flexibility index (Phi) is 5.41. The van der Waals surface area contributed by atoms with Crippen LogP contribution in [-0.4, -0.2) is 45.3 Å². The molecule has 5 heteroatoms. The molecular formula is C23H34N4O. The summed E-state index contributed by atoms with van der Waals surface area (Å²) in [6.07, 6.45) is 1.08. The molecule has 0 radical (unpaired) electrons. The first-order chi connectivity index (χ1) is 13.0. The van der Waals surface area contributed by atoms with Crippen molar-refractivity contribution in [2.24, 2.45) is 5.92 Å². The third kappa shape index (κ3) is 4.00. The first-order valence-electron chi connectivity index (χ1n) is 10.1. The van der Waals surface area contributed by atoms with Gasteiger partial charge < -0.3 is 5.32 Å². The zero-order valence-corrected chi connectivity index (χ0v) is 18.3. The molecule has 2 aromatic rings. The highest BCUT2D eigenvalue weighted by atomic mass is 16.1. The Morgan fingerprint density at radius 3 is 2.32 bits per heavy atom. The lowest BCUT2D eigenvalue weighted by Crippen LogP contribution is -2.48. The van der Waals surface area contributed by atoms with Crippen molar-refractivity contribution in [2.75, 3.05) is 13.6 Å². The van der Waals surface area contributed by atoms with Gasteiger partial charge in [-0.15, -0.1) is 0 Å². The van der Waals surface area contributed by atoms with Gasteiger partial charge in [0, 0.05) is 28.9 Å². The van der Waals surface area contributed by atoms with Crippen LogP contribution in [0.1, 0.15) is 61.4 Å². The van der Waals surface area contributed by atoms with Crippen molar-refractivity contribution in [3.8, 4) is 0 Å². The Morgan fingerprint density at radius 2 is 1.82 bits per heavy atom. The Balaban J connectivity index is 1.60. The lowest BCUT2D eigenvalue weighted by atomic mass is 9.87. The van der Waals surface area contributed by atoms with E-state index in [0.29, 0.717) is 18.0 Å². The van der Waals surface area contributed by atoms with E-state index in [1.165, 1.54) is 0 Å². The molecule has 0 spiro atoms. The summed E-state index contributed by atoms with van der Waals surface area (Å²) >= 11 is 0. The number of amides is 1. The van der Waals surface area contributed by atoms with E-state index < -0.39 is 0 Å². The first kappa shape index (κ1) is 20.6. The van der Waals surface area contributed by atoms with Crippen LogP contribution in [0, 0.1) is 19.8 Å². The molecule has 1 N–H and O–H groups in total. The van der Waals surface area contributed by atoms with E-state index in [-0.39, 0.29) is 17.0 Å². The van der Waals surface area contributed by atoms with Crippen LogP contribution < -0.4 is 5.32 Å².